The molecule has 0 fully saturated rings. The number of hydrogen-bond acceptors (Lipinski definition) is 7. The Hall–Kier alpha value is -3.85. The van der Waals surface area contributed by atoms with Gasteiger partial charge in [-0.3, -0.25) is 10.1 Å². The summed E-state index contributed by atoms with van der Waals surface area (Å²) in [6.07, 6.45) is 0. The molecule has 0 bridgehead atoms. The molecule has 0 amide bonds. The lowest BCUT2D eigenvalue weighted by atomic mass is 10.1. The maximum Gasteiger partial charge on any atom is 0.270 e. The fraction of sp³-hybridized carbons (Fsp3) is 0. The van der Waals surface area contributed by atoms with E-state index in [-0.39, 0.29) is 5.69 Å². The summed E-state index contributed by atoms with van der Waals surface area (Å²) in [7, 11) is 0. The van der Waals surface area contributed by atoms with Crippen LogP contribution in [0.4, 0.5) is 5.69 Å². The maximum absolute atomic E-state index is 11.0. The van der Waals surface area contributed by atoms with Gasteiger partial charge < -0.3 is 4.42 Å². The minimum absolute atomic E-state index is 0.0155. The molecule has 0 saturated heterocycles. The van der Waals surface area contributed by atoms with Crippen molar-refractivity contribution >= 4 is 22.0 Å². The first-order valence-corrected chi connectivity index (χ1v) is 9.13. The van der Waals surface area contributed by atoms with Gasteiger partial charge in [-0.15, -0.1) is 15.3 Å². The third-order valence-corrected chi connectivity index (χ3v) is 5.09. The molecule has 9 heteroatoms. The van der Waals surface area contributed by atoms with E-state index in [9.17, 15) is 10.1 Å². The Morgan fingerprint density at radius 2 is 1.71 bits per heavy atom. The third-order valence-electron chi connectivity index (χ3n) is 4.18. The molecule has 28 heavy (non-hydrogen) atoms. The summed E-state index contributed by atoms with van der Waals surface area (Å²) in [6.45, 7) is 0. The van der Waals surface area contributed by atoms with E-state index in [1.165, 1.54) is 23.5 Å². The minimum atomic E-state index is -0.429. The summed E-state index contributed by atoms with van der Waals surface area (Å²) in [5, 5.41) is 24.6. The van der Waals surface area contributed by atoms with Crippen LogP contribution in [0.5, 0.6) is 0 Å². The van der Waals surface area contributed by atoms with Gasteiger partial charge in [0, 0.05) is 23.3 Å². The molecule has 0 atom stereocenters. The van der Waals surface area contributed by atoms with Crippen molar-refractivity contribution < 1.29 is 9.34 Å². The summed E-state index contributed by atoms with van der Waals surface area (Å²) in [5.41, 5.74) is 1.57. The van der Waals surface area contributed by atoms with Crippen LogP contribution in [0.1, 0.15) is 0 Å². The van der Waals surface area contributed by atoms with Crippen LogP contribution >= 0.6 is 11.3 Å². The van der Waals surface area contributed by atoms with Gasteiger partial charge in [-0.25, -0.2) is 0 Å². The molecule has 0 unspecified atom stereocenters. The van der Waals surface area contributed by atoms with E-state index in [0.717, 1.165) is 5.56 Å². The molecular weight excluding hydrogens is 378 g/mol. The van der Waals surface area contributed by atoms with E-state index >= 15 is 0 Å². The lowest BCUT2D eigenvalue weighted by Gasteiger charge is -1.97. The topological polar surface area (TPSA) is 99.4 Å². The first-order valence-electron chi connectivity index (χ1n) is 8.32. The van der Waals surface area contributed by atoms with Crippen LogP contribution in [0.2, 0.25) is 0 Å². The molecule has 5 rings (SSSR count). The van der Waals surface area contributed by atoms with E-state index in [1.54, 1.807) is 28.8 Å². The van der Waals surface area contributed by atoms with E-state index in [1.807, 2.05) is 30.3 Å². The Kier molecular flexibility index (Phi) is 3.73. The highest BCUT2D eigenvalue weighted by atomic mass is 32.1. The molecule has 0 aliphatic heterocycles. The average molecular weight is 389 g/mol. The molecule has 0 radical (unpaired) electrons. The number of non-ortho nitro benzene ring substituents is 1. The van der Waals surface area contributed by atoms with Gasteiger partial charge in [0.25, 0.3) is 5.69 Å². The van der Waals surface area contributed by atoms with Gasteiger partial charge in [0.15, 0.2) is 16.6 Å². The Balaban J connectivity index is 1.53. The van der Waals surface area contributed by atoms with Crippen molar-refractivity contribution in [2.45, 2.75) is 0 Å². The number of rotatable bonds is 4. The number of aromatic nitrogens is 4. The Bertz CT molecular complexity index is 1310. The second-order valence-corrected chi connectivity index (χ2v) is 6.92. The minimum Gasteiger partial charge on any atom is -0.453 e. The second kappa shape index (κ2) is 6.39. The lowest BCUT2D eigenvalue weighted by molar-refractivity contribution is -0.384. The molecular formula is C19H11N5O3S. The quantitative estimate of drug-likeness (QED) is 0.327. The standard InChI is InChI=1S/C19H11N5O3S/c25-24(26)14-8-4-7-13(11-14)15-9-10-16(27-15)18-22-23-17(20-21-19(23)28-18)12-5-2-1-3-6-12/h1-11H. The number of nitrogens with zero attached hydrogens (tertiary/aromatic N) is 5. The van der Waals surface area contributed by atoms with Gasteiger partial charge in [-0.05, 0) is 12.1 Å². The van der Waals surface area contributed by atoms with Crippen LogP contribution in [0.3, 0.4) is 0 Å². The van der Waals surface area contributed by atoms with Crippen molar-refractivity contribution in [3.8, 4) is 33.5 Å². The monoisotopic (exact) mass is 389 g/mol. The zero-order valence-corrected chi connectivity index (χ0v) is 15.0. The molecule has 136 valence electrons. The van der Waals surface area contributed by atoms with Crippen LogP contribution in [0.25, 0.3) is 38.4 Å². The first-order chi connectivity index (χ1) is 13.7. The molecule has 3 heterocycles. The van der Waals surface area contributed by atoms with Crippen LogP contribution in [-0.4, -0.2) is 24.7 Å². The van der Waals surface area contributed by atoms with E-state index < -0.39 is 4.92 Å². The van der Waals surface area contributed by atoms with Gasteiger partial charge in [-0.1, -0.05) is 53.8 Å². The van der Waals surface area contributed by atoms with Crippen molar-refractivity contribution in [2.24, 2.45) is 0 Å². The molecule has 5 aromatic rings. The predicted molar refractivity (Wildman–Crippen MR) is 104 cm³/mol. The third kappa shape index (κ3) is 2.74. The second-order valence-electron chi connectivity index (χ2n) is 5.96. The van der Waals surface area contributed by atoms with Gasteiger partial charge in [-0.2, -0.15) is 4.52 Å². The number of hydrogen-bond donors (Lipinski definition) is 0. The van der Waals surface area contributed by atoms with Crippen molar-refractivity contribution in [3.63, 3.8) is 0 Å². The van der Waals surface area contributed by atoms with Crippen molar-refractivity contribution in [1.82, 2.24) is 19.8 Å². The van der Waals surface area contributed by atoms with Crippen molar-refractivity contribution in [3.05, 3.63) is 76.8 Å². The Morgan fingerprint density at radius 3 is 2.54 bits per heavy atom. The predicted octanol–water partition coefficient (Wildman–Crippen LogP) is 4.69. The molecule has 0 N–H and O–H groups in total. The summed E-state index contributed by atoms with van der Waals surface area (Å²) in [4.78, 5) is 11.2. The van der Waals surface area contributed by atoms with Crippen LogP contribution < -0.4 is 0 Å². The van der Waals surface area contributed by atoms with Gasteiger partial charge in [0.1, 0.15) is 5.76 Å². The Labute approximate surface area is 161 Å². The number of nitro groups is 1. The molecule has 3 aromatic heterocycles. The lowest BCUT2D eigenvalue weighted by Crippen LogP contribution is -1.90. The summed E-state index contributed by atoms with van der Waals surface area (Å²) < 4.78 is 7.58. The number of fused-ring (bicyclic) bond motifs is 1. The first kappa shape index (κ1) is 16.3. The molecule has 2 aromatic carbocycles. The fourth-order valence-corrected chi connectivity index (χ4v) is 3.67. The van der Waals surface area contributed by atoms with E-state index in [4.69, 9.17) is 4.42 Å². The van der Waals surface area contributed by atoms with Crippen LogP contribution in [0.15, 0.2) is 71.1 Å². The van der Waals surface area contributed by atoms with Crippen LogP contribution in [0, 0.1) is 10.1 Å². The smallest absolute Gasteiger partial charge is 0.270 e. The highest BCUT2D eigenvalue weighted by Crippen LogP contribution is 2.33. The average Bonchev–Trinajstić information content (AvgIpc) is 3.44. The Morgan fingerprint density at radius 1 is 0.929 bits per heavy atom. The zero-order valence-electron chi connectivity index (χ0n) is 14.2. The van der Waals surface area contributed by atoms with Gasteiger partial charge in [0.05, 0.1) is 4.92 Å². The van der Waals surface area contributed by atoms with Gasteiger partial charge in [0.2, 0.25) is 4.96 Å². The van der Waals surface area contributed by atoms with E-state index in [2.05, 4.69) is 15.3 Å². The highest BCUT2D eigenvalue weighted by molar-refractivity contribution is 7.19. The van der Waals surface area contributed by atoms with Crippen molar-refractivity contribution in [2.75, 3.05) is 0 Å². The molecule has 0 saturated carbocycles. The molecule has 0 spiro atoms. The van der Waals surface area contributed by atoms with Gasteiger partial charge >= 0.3 is 0 Å². The highest BCUT2D eigenvalue weighted by Gasteiger charge is 2.17. The molecule has 0 aliphatic carbocycles. The summed E-state index contributed by atoms with van der Waals surface area (Å²) in [6, 6.07) is 19.6. The fourth-order valence-electron chi connectivity index (χ4n) is 2.86. The maximum atomic E-state index is 11.0. The molecule has 0 aliphatic rings. The SMILES string of the molecule is O=[N+]([O-])c1cccc(-c2ccc(-c3nn4c(-c5ccccc5)nnc4s3)o2)c1. The van der Waals surface area contributed by atoms with Crippen molar-refractivity contribution in [1.29, 1.82) is 0 Å². The number of nitro benzene ring substituents is 1. The molecule has 8 nitrogen and oxygen atoms in total. The van der Waals surface area contributed by atoms with Crippen LogP contribution in [-0.2, 0) is 0 Å². The summed E-state index contributed by atoms with van der Waals surface area (Å²) in [5.74, 6) is 1.76. The summed E-state index contributed by atoms with van der Waals surface area (Å²) >= 11 is 1.36. The van der Waals surface area contributed by atoms with E-state index in [0.29, 0.717) is 32.9 Å². The zero-order chi connectivity index (χ0) is 19.1. The number of benzene rings is 2. The normalized spacial score (nSPS) is 11.1. The largest absolute Gasteiger partial charge is 0.453 e. The number of furan rings is 1.